The van der Waals surface area contributed by atoms with Crippen molar-refractivity contribution in [1.82, 2.24) is 4.90 Å². The van der Waals surface area contributed by atoms with Gasteiger partial charge in [0, 0.05) is 6.42 Å². The van der Waals surface area contributed by atoms with Gasteiger partial charge in [0.25, 0.3) is 0 Å². The van der Waals surface area contributed by atoms with Crippen LogP contribution in [0.5, 0.6) is 0 Å². The highest BCUT2D eigenvalue weighted by Gasteiger charge is 2.20. The summed E-state index contributed by atoms with van der Waals surface area (Å²) in [7, 11) is 1.71. The molecular weight excluding hydrogens is 158 g/mol. The zero-order valence-electron chi connectivity index (χ0n) is 7.49. The fraction of sp³-hybridized carbons (Fsp3) is 0.750. The van der Waals surface area contributed by atoms with Crippen molar-refractivity contribution in [1.29, 1.82) is 0 Å². The van der Waals surface area contributed by atoms with Crippen molar-refractivity contribution in [3.05, 3.63) is 0 Å². The van der Waals surface area contributed by atoms with Crippen LogP contribution in [0.3, 0.4) is 0 Å². The lowest BCUT2D eigenvalue weighted by molar-refractivity contribution is -0.143. The molecule has 0 aromatic rings. The third kappa shape index (κ3) is 3.48. The molecule has 4 heteroatoms. The molecular formula is C8H15NO3. The van der Waals surface area contributed by atoms with E-state index in [2.05, 4.69) is 0 Å². The Morgan fingerprint density at radius 3 is 2.58 bits per heavy atom. The first-order valence-corrected chi connectivity index (χ1v) is 4.00. The highest BCUT2D eigenvalue weighted by Crippen LogP contribution is 2.01. The van der Waals surface area contributed by atoms with Crippen LogP contribution in [-0.4, -0.2) is 41.9 Å². The Kier molecular flexibility index (Phi) is 5.28. The zero-order chi connectivity index (χ0) is 9.56. The highest BCUT2D eigenvalue weighted by atomic mass is 16.4. The highest BCUT2D eigenvalue weighted by molar-refractivity contribution is 5.76. The summed E-state index contributed by atoms with van der Waals surface area (Å²) in [6, 6.07) is -0.664. The van der Waals surface area contributed by atoms with E-state index in [0.717, 1.165) is 6.42 Å². The molecule has 0 radical (unpaired) electrons. The molecule has 0 bridgehead atoms. The lowest BCUT2D eigenvalue weighted by Gasteiger charge is -2.21. The van der Waals surface area contributed by atoms with Gasteiger partial charge in [-0.1, -0.05) is 6.92 Å². The molecule has 0 spiro atoms. The smallest absolute Gasteiger partial charge is 0.321 e. The molecule has 4 nitrogen and oxygen atoms in total. The molecule has 1 atom stereocenters. The first-order chi connectivity index (χ1) is 5.63. The Balaban J connectivity index is 4.08. The Morgan fingerprint density at radius 1 is 1.67 bits per heavy atom. The number of carboxylic acids is 1. The molecule has 0 rings (SSSR count). The summed E-state index contributed by atoms with van der Waals surface area (Å²) in [4.78, 5) is 22.4. The van der Waals surface area contributed by atoms with Crippen LogP contribution >= 0.6 is 0 Å². The molecule has 12 heavy (non-hydrogen) atoms. The Bertz CT molecular complexity index is 158. The monoisotopic (exact) mass is 173 g/mol. The van der Waals surface area contributed by atoms with E-state index in [9.17, 15) is 9.59 Å². The summed E-state index contributed by atoms with van der Waals surface area (Å²) >= 11 is 0. The number of nitrogens with zero attached hydrogens (tertiary/aromatic N) is 1. The van der Waals surface area contributed by atoms with Gasteiger partial charge < -0.3 is 9.90 Å². The third-order valence-electron chi connectivity index (χ3n) is 1.71. The van der Waals surface area contributed by atoms with Gasteiger partial charge in [0.15, 0.2) is 0 Å². The minimum absolute atomic E-state index is 0.0613. The Hall–Kier alpha value is -0.900. The summed E-state index contributed by atoms with van der Waals surface area (Å²) < 4.78 is 0. The van der Waals surface area contributed by atoms with E-state index in [4.69, 9.17) is 5.11 Å². The van der Waals surface area contributed by atoms with E-state index >= 15 is 0 Å². The lowest BCUT2D eigenvalue weighted by atomic mass is 10.2. The number of aldehydes is 1. The van der Waals surface area contributed by atoms with E-state index in [-0.39, 0.29) is 6.42 Å². The maximum absolute atomic E-state index is 10.6. The molecule has 0 aromatic carbocycles. The molecule has 1 unspecified atom stereocenters. The standard InChI is InChI=1S/C8H15NO3/c1-3-5-9(2)7(4-6-10)8(11)12/h6-7H,3-5H2,1-2H3,(H,11,12). The van der Waals surface area contributed by atoms with Gasteiger partial charge in [-0.15, -0.1) is 0 Å². The van der Waals surface area contributed by atoms with E-state index in [1.165, 1.54) is 0 Å². The van der Waals surface area contributed by atoms with Crippen LogP contribution < -0.4 is 0 Å². The van der Waals surface area contributed by atoms with Crippen LogP contribution in [0, 0.1) is 0 Å². The van der Waals surface area contributed by atoms with E-state index in [0.29, 0.717) is 12.8 Å². The maximum atomic E-state index is 10.6. The molecule has 0 heterocycles. The van der Waals surface area contributed by atoms with E-state index in [1.54, 1.807) is 11.9 Å². The molecule has 70 valence electrons. The van der Waals surface area contributed by atoms with Gasteiger partial charge in [-0.05, 0) is 20.0 Å². The fourth-order valence-corrected chi connectivity index (χ4v) is 1.07. The molecule has 0 aliphatic carbocycles. The van der Waals surface area contributed by atoms with Gasteiger partial charge in [-0.2, -0.15) is 0 Å². The van der Waals surface area contributed by atoms with Crippen LogP contribution in [0.15, 0.2) is 0 Å². The molecule has 1 N–H and O–H groups in total. The van der Waals surface area contributed by atoms with Crippen LogP contribution in [-0.2, 0) is 9.59 Å². The molecule has 0 amide bonds. The van der Waals surface area contributed by atoms with Gasteiger partial charge in [-0.25, -0.2) is 0 Å². The molecule has 0 saturated carbocycles. The summed E-state index contributed by atoms with van der Waals surface area (Å²) in [6.45, 7) is 2.67. The number of rotatable bonds is 6. The van der Waals surface area contributed by atoms with Crippen molar-refractivity contribution in [2.45, 2.75) is 25.8 Å². The predicted octanol–water partition coefficient (Wildman–Crippen LogP) is 0.370. The summed E-state index contributed by atoms with van der Waals surface area (Å²) in [5, 5.41) is 8.70. The fourth-order valence-electron chi connectivity index (χ4n) is 1.07. The van der Waals surface area contributed by atoms with Crippen molar-refractivity contribution in [2.75, 3.05) is 13.6 Å². The number of hydrogen-bond acceptors (Lipinski definition) is 3. The number of carbonyl (C=O) groups excluding carboxylic acids is 1. The molecule has 0 aliphatic heterocycles. The molecule has 0 fully saturated rings. The normalized spacial score (nSPS) is 12.9. The number of carbonyl (C=O) groups is 2. The molecule has 0 saturated heterocycles. The number of carboxylic acid groups (broad SMARTS) is 1. The van der Waals surface area contributed by atoms with Crippen molar-refractivity contribution >= 4 is 12.3 Å². The largest absolute Gasteiger partial charge is 0.480 e. The van der Waals surface area contributed by atoms with Crippen LogP contribution in [0.2, 0.25) is 0 Å². The first-order valence-electron chi connectivity index (χ1n) is 4.00. The summed E-state index contributed by atoms with van der Waals surface area (Å²) in [6.07, 6.45) is 1.59. The van der Waals surface area contributed by atoms with Gasteiger partial charge in [-0.3, -0.25) is 9.69 Å². The molecule has 0 aliphatic rings. The van der Waals surface area contributed by atoms with Crippen LogP contribution in [0.25, 0.3) is 0 Å². The quantitative estimate of drug-likeness (QED) is 0.589. The Labute approximate surface area is 72.2 Å². The second kappa shape index (κ2) is 5.71. The number of hydrogen-bond donors (Lipinski definition) is 1. The van der Waals surface area contributed by atoms with Gasteiger partial charge in [0.2, 0.25) is 0 Å². The van der Waals surface area contributed by atoms with Crippen molar-refractivity contribution < 1.29 is 14.7 Å². The second-order valence-corrected chi connectivity index (χ2v) is 2.74. The predicted molar refractivity (Wildman–Crippen MR) is 45.0 cm³/mol. The number of likely N-dealkylation sites (N-methyl/N-ethyl adjacent to an activating group) is 1. The lowest BCUT2D eigenvalue weighted by Crippen LogP contribution is -2.39. The van der Waals surface area contributed by atoms with Gasteiger partial charge in [0.1, 0.15) is 12.3 Å². The van der Waals surface area contributed by atoms with E-state index < -0.39 is 12.0 Å². The second-order valence-electron chi connectivity index (χ2n) is 2.74. The minimum atomic E-state index is -0.932. The summed E-state index contributed by atoms with van der Waals surface area (Å²) in [5.41, 5.74) is 0. The SMILES string of the molecule is CCCN(C)C(CC=O)C(=O)O. The first kappa shape index (κ1) is 11.1. The summed E-state index contributed by atoms with van der Waals surface area (Å²) in [5.74, 6) is -0.932. The van der Waals surface area contributed by atoms with E-state index in [1.807, 2.05) is 6.92 Å². The number of aliphatic carboxylic acids is 1. The average molecular weight is 173 g/mol. The molecule has 0 aromatic heterocycles. The van der Waals surface area contributed by atoms with Crippen molar-refractivity contribution in [2.24, 2.45) is 0 Å². The van der Waals surface area contributed by atoms with Crippen molar-refractivity contribution in [3.8, 4) is 0 Å². The van der Waals surface area contributed by atoms with Gasteiger partial charge >= 0.3 is 5.97 Å². The topological polar surface area (TPSA) is 57.6 Å². The maximum Gasteiger partial charge on any atom is 0.321 e. The van der Waals surface area contributed by atoms with Crippen LogP contribution in [0.1, 0.15) is 19.8 Å². The third-order valence-corrected chi connectivity index (χ3v) is 1.71. The van der Waals surface area contributed by atoms with Crippen LogP contribution in [0.4, 0.5) is 0 Å². The average Bonchev–Trinajstić information content (AvgIpc) is 1.99. The Morgan fingerprint density at radius 2 is 2.25 bits per heavy atom. The zero-order valence-corrected chi connectivity index (χ0v) is 7.49. The minimum Gasteiger partial charge on any atom is -0.480 e. The van der Waals surface area contributed by atoms with Crippen molar-refractivity contribution in [3.63, 3.8) is 0 Å². The van der Waals surface area contributed by atoms with Gasteiger partial charge in [0.05, 0.1) is 0 Å².